The second-order valence-electron chi connectivity index (χ2n) is 2.93. The molecule has 12 heavy (non-hydrogen) atoms. The fourth-order valence-electron chi connectivity index (χ4n) is 1.27. The summed E-state index contributed by atoms with van der Waals surface area (Å²) in [5, 5.41) is 7.14. The minimum atomic E-state index is 0.488. The Bertz CT molecular complexity index is 217. The molecule has 0 radical (unpaired) electrons. The van der Waals surface area contributed by atoms with Gasteiger partial charge in [0.05, 0.1) is 12.3 Å². The van der Waals surface area contributed by atoms with E-state index in [0.29, 0.717) is 6.04 Å². The lowest BCUT2D eigenvalue weighted by Crippen LogP contribution is -2.28. The van der Waals surface area contributed by atoms with Crippen LogP contribution in [-0.2, 0) is 11.3 Å². The van der Waals surface area contributed by atoms with E-state index in [1.807, 2.05) is 6.07 Å². The van der Waals surface area contributed by atoms with Crippen molar-refractivity contribution < 1.29 is 9.26 Å². The Balaban J connectivity index is 1.74. The van der Waals surface area contributed by atoms with Crippen molar-refractivity contribution in [2.24, 2.45) is 0 Å². The molecule has 4 heteroatoms. The molecular formula is C8H12N2O2. The van der Waals surface area contributed by atoms with E-state index in [4.69, 9.17) is 9.26 Å². The number of aromatic nitrogens is 1. The van der Waals surface area contributed by atoms with Crippen LogP contribution in [0.4, 0.5) is 0 Å². The Morgan fingerprint density at radius 1 is 1.67 bits per heavy atom. The van der Waals surface area contributed by atoms with E-state index >= 15 is 0 Å². The van der Waals surface area contributed by atoms with E-state index in [2.05, 4.69) is 10.5 Å². The van der Waals surface area contributed by atoms with Crippen LogP contribution in [-0.4, -0.2) is 24.4 Å². The van der Waals surface area contributed by atoms with Crippen molar-refractivity contribution in [1.29, 1.82) is 0 Å². The molecule has 4 nitrogen and oxygen atoms in total. The van der Waals surface area contributed by atoms with Crippen molar-refractivity contribution in [3.05, 3.63) is 18.0 Å². The predicted molar refractivity (Wildman–Crippen MR) is 42.6 cm³/mol. The lowest BCUT2D eigenvalue weighted by molar-refractivity contribution is 0.189. The van der Waals surface area contributed by atoms with Crippen molar-refractivity contribution in [3.63, 3.8) is 0 Å². The molecule has 0 aliphatic carbocycles. The molecule has 0 spiro atoms. The zero-order valence-corrected chi connectivity index (χ0v) is 6.82. The van der Waals surface area contributed by atoms with Crippen LogP contribution in [0.15, 0.2) is 16.9 Å². The Labute approximate surface area is 70.9 Å². The normalized spacial score (nSPS) is 23.2. The van der Waals surface area contributed by atoms with Gasteiger partial charge in [-0.2, -0.15) is 0 Å². The van der Waals surface area contributed by atoms with Crippen LogP contribution >= 0.6 is 0 Å². The highest BCUT2D eigenvalue weighted by Gasteiger charge is 2.14. The molecule has 2 rings (SSSR count). The number of hydrogen-bond donors (Lipinski definition) is 1. The molecular weight excluding hydrogens is 156 g/mol. The fourth-order valence-corrected chi connectivity index (χ4v) is 1.27. The van der Waals surface area contributed by atoms with Gasteiger partial charge >= 0.3 is 0 Å². The van der Waals surface area contributed by atoms with Crippen molar-refractivity contribution in [2.45, 2.75) is 19.0 Å². The summed E-state index contributed by atoms with van der Waals surface area (Å²) in [5.74, 6) is 0. The largest absolute Gasteiger partial charge is 0.380 e. The predicted octanol–water partition coefficient (Wildman–Crippen LogP) is 0.553. The molecule has 0 aromatic carbocycles. The number of rotatable bonds is 3. The molecule has 1 aliphatic rings. The molecule has 0 bridgehead atoms. The van der Waals surface area contributed by atoms with Gasteiger partial charge in [0, 0.05) is 25.3 Å². The second kappa shape index (κ2) is 3.69. The molecule has 0 amide bonds. The highest BCUT2D eigenvalue weighted by molar-refractivity contribution is 4.94. The smallest absolute Gasteiger partial charge is 0.124 e. The van der Waals surface area contributed by atoms with Crippen LogP contribution in [0.5, 0.6) is 0 Å². The summed E-state index contributed by atoms with van der Waals surface area (Å²) in [7, 11) is 0. The summed E-state index contributed by atoms with van der Waals surface area (Å²) in [6, 6.07) is 2.35. The summed E-state index contributed by atoms with van der Waals surface area (Å²) in [4.78, 5) is 0. The summed E-state index contributed by atoms with van der Waals surface area (Å²) < 4.78 is 9.93. The topological polar surface area (TPSA) is 47.3 Å². The molecule has 1 aliphatic heterocycles. The highest BCUT2D eigenvalue weighted by Crippen LogP contribution is 2.04. The van der Waals surface area contributed by atoms with Crippen LogP contribution in [0.1, 0.15) is 12.1 Å². The number of ether oxygens (including phenoxy) is 1. The third kappa shape index (κ3) is 1.84. The van der Waals surface area contributed by atoms with Gasteiger partial charge in [0.1, 0.15) is 6.26 Å². The van der Waals surface area contributed by atoms with Crippen LogP contribution in [0.2, 0.25) is 0 Å². The van der Waals surface area contributed by atoms with Gasteiger partial charge in [0.2, 0.25) is 0 Å². The first-order valence-electron chi connectivity index (χ1n) is 4.15. The minimum Gasteiger partial charge on any atom is -0.380 e. The van der Waals surface area contributed by atoms with Gasteiger partial charge in [-0.15, -0.1) is 0 Å². The van der Waals surface area contributed by atoms with Crippen molar-refractivity contribution in [3.8, 4) is 0 Å². The van der Waals surface area contributed by atoms with E-state index in [1.165, 1.54) is 0 Å². The maximum absolute atomic E-state index is 5.22. The Hall–Kier alpha value is -0.870. The minimum absolute atomic E-state index is 0.488. The third-order valence-corrected chi connectivity index (χ3v) is 1.99. The summed E-state index contributed by atoms with van der Waals surface area (Å²) in [5.41, 5.74) is 0.946. The number of nitrogens with zero attached hydrogens (tertiary/aromatic N) is 1. The molecule has 1 saturated heterocycles. The van der Waals surface area contributed by atoms with Gasteiger partial charge in [-0.25, -0.2) is 0 Å². The molecule has 1 N–H and O–H groups in total. The lowest BCUT2D eigenvalue weighted by atomic mass is 10.2. The van der Waals surface area contributed by atoms with Gasteiger partial charge in [-0.05, 0) is 6.42 Å². The van der Waals surface area contributed by atoms with Gasteiger partial charge in [0.25, 0.3) is 0 Å². The average molecular weight is 168 g/mol. The van der Waals surface area contributed by atoms with Crippen LogP contribution in [0, 0.1) is 0 Å². The number of hydrogen-bond acceptors (Lipinski definition) is 4. The molecule has 2 heterocycles. The van der Waals surface area contributed by atoms with E-state index in [-0.39, 0.29) is 0 Å². The zero-order valence-electron chi connectivity index (χ0n) is 6.82. The Morgan fingerprint density at radius 3 is 3.33 bits per heavy atom. The monoisotopic (exact) mass is 168 g/mol. The van der Waals surface area contributed by atoms with E-state index in [0.717, 1.165) is 31.9 Å². The molecule has 1 unspecified atom stereocenters. The van der Waals surface area contributed by atoms with E-state index in [9.17, 15) is 0 Å². The highest BCUT2D eigenvalue weighted by atomic mass is 16.5. The number of nitrogens with one attached hydrogen (secondary N) is 1. The van der Waals surface area contributed by atoms with Crippen molar-refractivity contribution >= 4 is 0 Å². The second-order valence-corrected chi connectivity index (χ2v) is 2.93. The molecule has 1 fully saturated rings. The third-order valence-electron chi connectivity index (χ3n) is 1.99. The van der Waals surface area contributed by atoms with Crippen LogP contribution in [0.25, 0.3) is 0 Å². The lowest BCUT2D eigenvalue weighted by Gasteiger charge is -2.07. The first-order chi connectivity index (χ1) is 5.95. The quantitative estimate of drug-likeness (QED) is 0.716. The maximum atomic E-state index is 5.22. The summed E-state index contributed by atoms with van der Waals surface area (Å²) in [6.07, 6.45) is 2.68. The van der Waals surface area contributed by atoms with Gasteiger partial charge < -0.3 is 14.6 Å². The average Bonchev–Trinajstić information content (AvgIpc) is 2.74. The SMILES string of the molecule is c1cc(CNC2CCOC2)no1. The summed E-state index contributed by atoms with van der Waals surface area (Å²) in [6.45, 7) is 2.46. The van der Waals surface area contributed by atoms with Crippen LogP contribution in [0.3, 0.4) is 0 Å². The van der Waals surface area contributed by atoms with E-state index < -0.39 is 0 Å². The van der Waals surface area contributed by atoms with Gasteiger partial charge in [-0.1, -0.05) is 5.16 Å². The Kier molecular flexibility index (Phi) is 2.39. The van der Waals surface area contributed by atoms with Crippen LogP contribution < -0.4 is 5.32 Å². The van der Waals surface area contributed by atoms with Gasteiger partial charge in [-0.3, -0.25) is 0 Å². The maximum Gasteiger partial charge on any atom is 0.124 e. The standard InChI is InChI=1S/C8H12N2O2/c1-3-11-6-8(1)9-5-7-2-4-12-10-7/h2,4,8-9H,1,3,5-6H2. The molecule has 0 saturated carbocycles. The molecule has 1 aromatic heterocycles. The van der Waals surface area contributed by atoms with E-state index in [1.54, 1.807) is 6.26 Å². The first kappa shape index (κ1) is 7.76. The Morgan fingerprint density at radius 2 is 2.67 bits per heavy atom. The fraction of sp³-hybridized carbons (Fsp3) is 0.625. The zero-order chi connectivity index (χ0) is 8.23. The van der Waals surface area contributed by atoms with Crippen molar-refractivity contribution in [2.75, 3.05) is 13.2 Å². The van der Waals surface area contributed by atoms with Crippen molar-refractivity contribution in [1.82, 2.24) is 10.5 Å². The first-order valence-corrected chi connectivity index (χ1v) is 4.15. The molecule has 1 atom stereocenters. The van der Waals surface area contributed by atoms with Gasteiger partial charge in [0.15, 0.2) is 0 Å². The summed E-state index contributed by atoms with van der Waals surface area (Å²) >= 11 is 0. The molecule has 66 valence electrons. The molecule has 1 aromatic rings.